The zero-order valence-electron chi connectivity index (χ0n) is 14.7. The first-order valence-corrected chi connectivity index (χ1v) is 8.85. The molecule has 1 fully saturated rings. The van der Waals surface area contributed by atoms with Crippen LogP contribution in [0.1, 0.15) is 39.2 Å². The number of likely N-dealkylation sites (tertiary alicyclic amines) is 1. The number of nitrogens with zero attached hydrogens (tertiary/aromatic N) is 1. The summed E-state index contributed by atoms with van der Waals surface area (Å²) in [5.74, 6) is 0.952. The van der Waals surface area contributed by atoms with E-state index in [4.69, 9.17) is 0 Å². The SMILES string of the molecule is CCC1CN(C(=O)C(C)C)CCC1NC/C=C/c1ccccc1. The highest BCUT2D eigenvalue weighted by Gasteiger charge is 2.30. The summed E-state index contributed by atoms with van der Waals surface area (Å²) in [6, 6.07) is 10.9. The zero-order valence-corrected chi connectivity index (χ0v) is 14.7. The summed E-state index contributed by atoms with van der Waals surface area (Å²) in [4.78, 5) is 14.2. The minimum Gasteiger partial charge on any atom is -0.342 e. The predicted molar refractivity (Wildman–Crippen MR) is 97.1 cm³/mol. The molecule has 0 saturated carbocycles. The van der Waals surface area contributed by atoms with Crippen molar-refractivity contribution in [1.29, 1.82) is 0 Å². The van der Waals surface area contributed by atoms with Crippen LogP contribution in [-0.2, 0) is 4.79 Å². The van der Waals surface area contributed by atoms with E-state index >= 15 is 0 Å². The molecule has 1 saturated heterocycles. The van der Waals surface area contributed by atoms with E-state index in [-0.39, 0.29) is 5.92 Å². The van der Waals surface area contributed by atoms with Gasteiger partial charge in [0, 0.05) is 31.6 Å². The Hall–Kier alpha value is -1.61. The van der Waals surface area contributed by atoms with Gasteiger partial charge in [0.1, 0.15) is 0 Å². The molecule has 1 aromatic carbocycles. The molecule has 0 radical (unpaired) electrons. The molecule has 0 aliphatic carbocycles. The third-order valence-corrected chi connectivity index (χ3v) is 4.67. The molecule has 23 heavy (non-hydrogen) atoms. The maximum absolute atomic E-state index is 12.2. The second-order valence-corrected chi connectivity index (χ2v) is 6.72. The third-order valence-electron chi connectivity index (χ3n) is 4.67. The molecule has 0 spiro atoms. The fraction of sp³-hybridized carbons (Fsp3) is 0.550. The number of piperidine rings is 1. The van der Waals surface area contributed by atoms with Gasteiger partial charge in [-0.2, -0.15) is 0 Å². The van der Waals surface area contributed by atoms with Crippen LogP contribution in [0.5, 0.6) is 0 Å². The summed E-state index contributed by atoms with van der Waals surface area (Å²) in [5, 5.41) is 3.66. The van der Waals surface area contributed by atoms with Gasteiger partial charge >= 0.3 is 0 Å². The largest absolute Gasteiger partial charge is 0.342 e. The summed E-state index contributed by atoms with van der Waals surface area (Å²) < 4.78 is 0. The molecule has 1 aliphatic rings. The first-order chi connectivity index (χ1) is 11.1. The van der Waals surface area contributed by atoms with Crippen molar-refractivity contribution >= 4 is 12.0 Å². The monoisotopic (exact) mass is 314 g/mol. The van der Waals surface area contributed by atoms with Crippen molar-refractivity contribution in [2.75, 3.05) is 19.6 Å². The van der Waals surface area contributed by atoms with Crippen molar-refractivity contribution in [2.45, 2.75) is 39.7 Å². The lowest BCUT2D eigenvalue weighted by Crippen LogP contribution is -2.51. The molecule has 1 aliphatic heterocycles. The number of hydrogen-bond acceptors (Lipinski definition) is 2. The number of carbonyl (C=O) groups excluding carboxylic acids is 1. The topological polar surface area (TPSA) is 32.3 Å². The Kier molecular flexibility index (Phi) is 6.85. The molecule has 2 unspecified atom stereocenters. The number of rotatable bonds is 6. The average molecular weight is 314 g/mol. The Morgan fingerprint density at radius 2 is 2.09 bits per heavy atom. The van der Waals surface area contributed by atoms with Crippen molar-refractivity contribution in [2.24, 2.45) is 11.8 Å². The Labute approximate surface area is 140 Å². The van der Waals surface area contributed by atoms with Crippen LogP contribution in [0.2, 0.25) is 0 Å². The molecule has 2 rings (SSSR count). The first kappa shape index (κ1) is 17.7. The van der Waals surface area contributed by atoms with Gasteiger partial charge in [0.05, 0.1) is 0 Å². The normalized spacial score (nSPS) is 22.0. The van der Waals surface area contributed by atoms with E-state index in [9.17, 15) is 4.79 Å². The summed E-state index contributed by atoms with van der Waals surface area (Å²) in [5.41, 5.74) is 1.23. The Morgan fingerprint density at radius 1 is 1.35 bits per heavy atom. The second kappa shape index (κ2) is 8.88. The summed E-state index contributed by atoms with van der Waals surface area (Å²) in [6.07, 6.45) is 6.51. The lowest BCUT2D eigenvalue weighted by Gasteiger charge is -2.39. The average Bonchev–Trinajstić information content (AvgIpc) is 2.59. The number of carbonyl (C=O) groups is 1. The van der Waals surface area contributed by atoms with Crippen LogP contribution in [0.4, 0.5) is 0 Å². The summed E-state index contributed by atoms with van der Waals surface area (Å²) in [7, 11) is 0. The van der Waals surface area contributed by atoms with Crippen LogP contribution in [-0.4, -0.2) is 36.5 Å². The van der Waals surface area contributed by atoms with Gasteiger partial charge in [0.25, 0.3) is 0 Å². The fourth-order valence-corrected chi connectivity index (χ4v) is 3.26. The highest BCUT2D eigenvalue weighted by molar-refractivity contribution is 5.78. The highest BCUT2D eigenvalue weighted by Crippen LogP contribution is 2.21. The number of benzene rings is 1. The molecule has 1 heterocycles. The van der Waals surface area contributed by atoms with Crippen LogP contribution < -0.4 is 5.32 Å². The van der Waals surface area contributed by atoms with Crippen molar-refractivity contribution in [3.63, 3.8) is 0 Å². The van der Waals surface area contributed by atoms with Crippen molar-refractivity contribution in [1.82, 2.24) is 10.2 Å². The Balaban J connectivity index is 1.81. The maximum atomic E-state index is 12.2. The molecule has 3 nitrogen and oxygen atoms in total. The lowest BCUT2D eigenvalue weighted by molar-refractivity contribution is -0.136. The molecule has 1 N–H and O–H groups in total. The molecule has 126 valence electrons. The smallest absolute Gasteiger partial charge is 0.225 e. The molecule has 1 amide bonds. The molecule has 2 atom stereocenters. The van der Waals surface area contributed by atoms with Crippen LogP contribution >= 0.6 is 0 Å². The van der Waals surface area contributed by atoms with E-state index < -0.39 is 0 Å². The van der Waals surface area contributed by atoms with E-state index in [0.717, 1.165) is 32.5 Å². The van der Waals surface area contributed by atoms with Gasteiger partial charge in [0.2, 0.25) is 5.91 Å². The van der Waals surface area contributed by atoms with E-state index in [1.54, 1.807) is 0 Å². The van der Waals surface area contributed by atoms with Gasteiger partial charge in [-0.05, 0) is 17.9 Å². The van der Waals surface area contributed by atoms with E-state index in [1.807, 2.05) is 19.9 Å². The Bertz CT molecular complexity index is 510. The van der Waals surface area contributed by atoms with E-state index in [1.165, 1.54) is 5.56 Å². The van der Waals surface area contributed by atoms with E-state index in [0.29, 0.717) is 17.9 Å². The van der Waals surface area contributed by atoms with Crippen LogP contribution in [0.25, 0.3) is 6.08 Å². The quantitative estimate of drug-likeness (QED) is 0.870. The maximum Gasteiger partial charge on any atom is 0.225 e. The van der Waals surface area contributed by atoms with Gasteiger partial charge < -0.3 is 10.2 Å². The predicted octanol–water partition coefficient (Wildman–Crippen LogP) is 3.57. The van der Waals surface area contributed by atoms with Crippen LogP contribution in [0, 0.1) is 11.8 Å². The minimum absolute atomic E-state index is 0.103. The summed E-state index contributed by atoms with van der Waals surface area (Å²) in [6.45, 7) is 8.86. The number of amides is 1. The second-order valence-electron chi connectivity index (χ2n) is 6.72. The van der Waals surface area contributed by atoms with Crippen LogP contribution in [0.15, 0.2) is 36.4 Å². The Morgan fingerprint density at radius 3 is 2.74 bits per heavy atom. The van der Waals surface area contributed by atoms with Crippen molar-refractivity contribution in [3.8, 4) is 0 Å². The van der Waals surface area contributed by atoms with Gasteiger partial charge in [-0.25, -0.2) is 0 Å². The van der Waals surface area contributed by atoms with Gasteiger partial charge in [-0.1, -0.05) is 69.7 Å². The number of nitrogens with one attached hydrogen (secondary N) is 1. The molecule has 1 aromatic rings. The van der Waals surface area contributed by atoms with Gasteiger partial charge in [-0.3, -0.25) is 4.79 Å². The van der Waals surface area contributed by atoms with E-state index in [2.05, 4.69) is 53.6 Å². The van der Waals surface area contributed by atoms with Gasteiger partial charge in [-0.15, -0.1) is 0 Å². The fourth-order valence-electron chi connectivity index (χ4n) is 3.26. The van der Waals surface area contributed by atoms with Crippen LogP contribution in [0.3, 0.4) is 0 Å². The molecular weight excluding hydrogens is 284 g/mol. The zero-order chi connectivity index (χ0) is 16.7. The highest BCUT2D eigenvalue weighted by atomic mass is 16.2. The molecule has 3 heteroatoms. The molecule has 0 aromatic heterocycles. The third kappa shape index (κ3) is 5.21. The van der Waals surface area contributed by atoms with Gasteiger partial charge in [0.15, 0.2) is 0 Å². The molecular formula is C20H30N2O. The standard InChI is InChI=1S/C20H30N2O/c1-4-18-15-22(20(23)16(2)3)14-12-19(18)21-13-8-11-17-9-6-5-7-10-17/h5-11,16,18-19,21H,4,12-15H2,1-3H3/b11-8+. The van der Waals surface area contributed by atoms with Crippen molar-refractivity contribution in [3.05, 3.63) is 42.0 Å². The lowest BCUT2D eigenvalue weighted by atomic mass is 9.89. The minimum atomic E-state index is 0.103. The molecule has 0 bridgehead atoms. The number of hydrogen-bond donors (Lipinski definition) is 1. The van der Waals surface area contributed by atoms with Crippen molar-refractivity contribution < 1.29 is 4.79 Å². The first-order valence-electron chi connectivity index (χ1n) is 8.85. The summed E-state index contributed by atoms with van der Waals surface area (Å²) >= 11 is 0.